The molecule has 1 fully saturated rings. The number of hydrogen-bond acceptors (Lipinski definition) is 3. The van der Waals surface area contributed by atoms with Crippen molar-refractivity contribution in [3.05, 3.63) is 11.1 Å². The quantitative estimate of drug-likeness (QED) is 0.776. The van der Waals surface area contributed by atoms with Crippen LogP contribution in [0.4, 0.5) is 0 Å². The minimum atomic E-state index is 0.452. The molecular weight excluding hydrogens is 272 g/mol. The molecule has 2 nitrogen and oxygen atoms in total. The Morgan fingerprint density at radius 1 is 1.60 bits per heavy atom. The van der Waals surface area contributed by atoms with Crippen LogP contribution in [0, 0.1) is 11.3 Å². The third kappa shape index (κ3) is 2.78. The second-order valence-corrected chi connectivity index (χ2v) is 7.06. The average molecular weight is 289 g/mol. The molecule has 2 rings (SSSR count). The Bertz CT molecular complexity index is 310. The van der Waals surface area contributed by atoms with Gasteiger partial charge in [0.1, 0.15) is 0 Å². The molecule has 2 unspecified atom stereocenters. The van der Waals surface area contributed by atoms with Gasteiger partial charge < -0.3 is 0 Å². The SMILES string of the molecule is CC1(C)CCC(Br)CC1Cc1csnn1. The van der Waals surface area contributed by atoms with Crippen molar-refractivity contribution in [2.24, 2.45) is 11.3 Å². The van der Waals surface area contributed by atoms with Crippen LogP contribution in [-0.2, 0) is 6.42 Å². The summed E-state index contributed by atoms with van der Waals surface area (Å²) < 4.78 is 3.93. The first-order valence-corrected chi connectivity index (χ1v) is 7.23. The lowest BCUT2D eigenvalue weighted by atomic mass is 9.67. The van der Waals surface area contributed by atoms with Gasteiger partial charge in [0, 0.05) is 10.2 Å². The van der Waals surface area contributed by atoms with Gasteiger partial charge in [-0.1, -0.05) is 34.3 Å². The Kier molecular flexibility index (Phi) is 3.45. The van der Waals surface area contributed by atoms with Crippen LogP contribution in [0.2, 0.25) is 0 Å². The van der Waals surface area contributed by atoms with E-state index in [0.29, 0.717) is 10.2 Å². The summed E-state index contributed by atoms with van der Waals surface area (Å²) in [5.41, 5.74) is 1.62. The molecule has 1 aliphatic rings. The predicted molar refractivity (Wildman–Crippen MR) is 67.5 cm³/mol. The molecule has 0 radical (unpaired) electrons. The highest BCUT2D eigenvalue weighted by molar-refractivity contribution is 9.09. The monoisotopic (exact) mass is 288 g/mol. The average Bonchev–Trinajstić information content (AvgIpc) is 2.65. The molecule has 0 amide bonds. The first-order chi connectivity index (χ1) is 7.08. The number of alkyl halides is 1. The summed E-state index contributed by atoms with van der Waals surface area (Å²) in [6, 6.07) is 0. The van der Waals surface area contributed by atoms with Crippen LogP contribution in [0.1, 0.15) is 38.8 Å². The molecule has 0 spiro atoms. The molecule has 0 N–H and O–H groups in total. The lowest BCUT2D eigenvalue weighted by Crippen LogP contribution is -2.33. The molecule has 1 saturated carbocycles. The predicted octanol–water partition coefficient (Wildman–Crippen LogP) is 3.67. The van der Waals surface area contributed by atoms with Gasteiger partial charge in [0.25, 0.3) is 0 Å². The number of hydrogen-bond donors (Lipinski definition) is 0. The lowest BCUT2D eigenvalue weighted by Gasteiger charge is -2.40. The van der Waals surface area contributed by atoms with Gasteiger partial charge in [0.05, 0.1) is 5.69 Å². The third-order valence-corrected chi connectivity index (χ3v) is 4.99. The molecule has 4 heteroatoms. The van der Waals surface area contributed by atoms with Crippen molar-refractivity contribution in [3.63, 3.8) is 0 Å². The zero-order valence-corrected chi connectivity index (χ0v) is 11.6. The van der Waals surface area contributed by atoms with E-state index in [1.807, 2.05) is 0 Å². The molecule has 1 aromatic heterocycles. The van der Waals surface area contributed by atoms with E-state index < -0.39 is 0 Å². The summed E-state index contributed by atoms with van der Waals surface area (Å²) in [7, 11) is 0. The molecule has 0 saturated heterocycles. The highest BCUT2D eigenvalue weighted by Crippen LogP contribution is 2.44. The fraction of sp³-hybridized carbons (Fsp3) is 0.818. The maximum atomic E-state index is 4.15. The van der Waals surface area contributed by atoms with Gasteiger partial charge in [-0.3, -0.25) is 0 Å². The van der Waals surface area contributed by atoms with Crippen molar-refractivity contribution in [1.82, 2.24) is 9.59 Å². The largest absolute Gasteiger partial charge is 0.143 e. The van der Waals surface area contributed by atoms with Crippen molar-refractivity contribution in [2.75, 3.05) is 0 Å². The first kappa shape index (κ1) is 11.5. The standard InChI is InChI=1S/C11H17BrN2S/c1-11(2)4-3-9(12)5-8(11)6-10-7-15-14-13-10/h7-9H,3-6H2,1-2H3. The maximum absolute atomic E-state index is 4.15. The van der Waals surface area contributed by atoms with Crippen LogP contribution in [0.5, 0.6) is 0 Å². The molecule has 1 heterocycles. The van der Waals surface area contributed by atoms with Crippen LogP contribution in [0.3, 0.4) is 0 Å². The van der Waals surface area contributed by atoms with Gasteiger partial charge in [-0.05, 0) is 48.5 Å². The van der Waals surface area contributed by atoms with Gasteiger partial charge in [-0.15, -0.1) is 5.10 Å². The Morgan fingerprint density at radius 2 is 2.40 bits per heavy atom. The van der Waals surface area contributed by atoms with Crippen LogP contribution in [-0.4, -0.2) is 14.4 Å². The minimum absolute atomic E-state index is 0.452. The highest BCUT2D eigenvalue weighted by Gasteiger charge is 2.35. The van der Waals surface area contributed by atoms with E-state index in [-0.39, 0.29) is 0 Å². The maximum Gasteiger partial charge on any atom is 0.0758 e. The fourth-order valence-electron chi connectivity index (χ4n) is 2.36. The number of halogens is 1. The molecular formula is C11H17BrN2S. The van der Waals surface area contributed by atoms with E-state index in [4.69, 9.17) is 0 Å². The Morgan fingerprint density at radius 3 is 3.07 bits per heavy atom. The highest BCUT2D eigenvalue weighted by atomic mass is 79.9. The van der Waals surface area contributed by atoms with Crippen LogP contribution < -0.4 is 0 Å². The van der Waals surface area contributed by atoms with Gasteiger partial charge in [-0.2, -0.15) is 0 Å². The zero-order valence-electron chi connectivity index (χ0n) is 9.24. The smallest absolute Gasteiger partial charge is 0.0758 e. The van der Waals surface area contributed by atoms with Crippen molar-refractivity contribution >= 4 is 27.5 Å². The molecule has 15 heavy (non-hydrogen) atoms. The first-order valence-electron chi connectivity index (χ1n) is 5.48. The van der Waals surface area contributed by atoms with Crippen LogP contribution >= 0.6 is 27.5 Å². The second-order valence-electron chi connectivity index (χ2n) is 5.16. The van der Waals surface area contributed by atoms with E-state index in [9.17, 15) is 0 Å². The topological polar surface area (TPSA) is 25.8 Å². The van der Waals surface area contributed by atoms with Crippen molar-refractivity contribution in [1.29, 1.82) is 0 Å². The molecule has 84 valence electrons. The summed E-state index contributed by atoms with van der Waals surface area (Å²) >= 11 is 5.21. The molecule has 1 aromatic rings. The van der Waals surface area contributed by atoms with Gasteiger partial charge in [0.15, 0.2) is 0 Å². The van der Waals surface area contributed by atoms with E-state index in [1.54, 1.807) is 0 Å². The Hall–Kier alpha value is 0.0400. The molecule has 2 atom stereocenters. The Labute approximate surface area is 104 Å². The number of nitrogens with zero attached hydrogens (tertiary/aromatic N) is 2. The van der Waals surface area contributed by atoms with E-state index in [2.05, 4.69) is 44.7 Å². The van der Waals surface area contributed by atoms with E-state index in [0.717, 1.165) is 12.3 Å². The summed E-state index contributed by atoms with van der Waals surface area (Å²) in [6.45, 7) is 4.77. The third-order valence-electron chi connectivity index (χ3n) is 3.61. The normalized spacial score (nSPS) is 30.3. The summed E-state index contributed by atoms with van der Waals surface area (Å²) in [5, 5.41) is 6.23. The summed E-state index contributed by atoms with van der Waals surface area (Å²) in [6.07, 6.45) is 4.97. The van der Waals surface area contributed by atoms with E-state index >= 15 is 0 Å². The van der Waals surface area contributed by atoms with Crippen LogP contribution in [0.25, 0.3) is 0 Å². The van der Waals surface area contributed by atoms with Crippen molar-refractivity contribution < 1.29 is 0 Å². The second kappa shape index (κ2) is 4.50. The van der Waals surface area contributed by atoms with Crippen LogP contribution in [0.15, 0.2) is 5.38 Å². The lowest BCUT2D eigenvalue weighted by molar-refractivity contribution is 0.142. The van der Waals surface area contributed by atoms with E-state index in [1.165, 1.54) is 36.5 Å². The zero-order chi connectivity index (χ0) is 10.9. The summed E-state index contributed by atoms with van der Waals surface area (Å²) in [5.74, 6) is 0.736. The molecule has 0 bridgehead atoms. The van der Waals surface area contributed by atoms with Crippen molar-refractivity contribution in [2.45, 2.75) is 44.4 Å². The van der Waals surface area contributed by atoms with Gasteiger partial charge in [-0.25, -0.2) is 0 Å². The number of rotatable bonds is 2. The van der Waals surface area contributed by atoms with Crippen molar-refractivity contribution in [3.8, 4) is 0 Å². The molecule has 0 aliphatic heterocycles. The van der Waals surface area contributed by atoms with Gasteiger partial charge in [0.2, 0.25) is 0 Å². The van der Waals surface area contributed by atoms with Gasteiger partial charge >= 0.3 is 0 Å². The molecule has 1 aliphatic carbocycles. The fourth-order valence-corrected chi connectivity index (χ4v) is 3.51. The Balaban J connectivity index is 2.05. The minimum Gasteiger partial charge on any atom is -0.143 e. The molecule has 0 aromatic carbocycles. The summed E-state index contributed by atoms with van der Waals surface area (Å²) in [4.78, 5) is 0.696. The number of aromatic nitrogens is 2.